The molecule has 1 aromatic heterocycles. The molecule has 0 saturated carbocycles. The number of likely N-dealkylation sites (tertiary alicyclic amines) is 1. The fourth-order valence-corrected chi connectivity index (χ4v) is 5.95. The van der Waals surface area contributed by atoms with Crippen LogP contribution in [-0.2, 0) is 33.4 Å². The standard InChI is InChI=1S/C33H39NO4.CH4/c1-22-18-26-27(33(4,5)16-15-32(26,2)3)20-24(22)19-25-13-14-29(38-25)30(35)34-17-9-12-28(34)31(36)37-21-23-10-7-6-8-11-23;/h6-8,10-11,13-14,18,20,28H,9,12,15-17,19,21H2,1-5H3;1H4. The van der Waals surface area contributed by atoms with Gasteiger partial charge < -0.3 is 14.1 Å². The van der Waals surface area contributed by atoms with Gasteiger partial charge in [-0.05, 0) is 83.4 Å². The Morgan fingerprint density at radius 3 is 2.33 bits per heavy atom. The van der Waals surface area contributed by atoms with Crippen molar-refractivity contribution in [2.24, 2.45) is 0 Å². The summed E-state index contributed by atoms with van der Waals surface area (Å²) in [6.07, 6.45) is 4.36. The van der Waals surface area contributed by atoms with Crippen LogP contribution >= 0.6 is 0 Å². The number of fused-ring (bicyclic) bond motifs is 1. The Balaban J connectivity index is 0.00000353. The van der Waals surface area contributed by atoms with Gasteiger partial charge in [0.15, 0.2) is 5.76 Å². The molecule has 1 unspecified atom stereocenters. The smallest absolute Gasteiger partial charge is 0.329 e. The number of carbonyl (C=O) groups excluding carboxylic acids is 2. The van der Waals surface area contributed by atoms with E-state index in [4.69, 9.17) is 9.15 Å². The Hall–Kier alpha value is -3.34. The number of rotatable bonds is 6. The number of benzene rings is 2. The molecule has 5 nitrogen and oxygen atoms in total. The molecule has 1 saturated heterocycles. The molecule has 0 radical (unpaired) electrons. The van der Waals surface area contributed by atoms with Gasteiger partial charge in [0.2, 0.25) is 0 Å². The van der Waals surface area contributed by atoms with Gasteiger partial charge in [0.25, 0.3) is 5.91 Å². The second kappa shape index (κ2) is 11.0. The van der Waals surface area contributed by atoms with Gasteiger partial charge in [-0.25, -0.2) is 4.79 Å². The SMILES string of the molecule is C.Cc1cc2c(cc1Cc1ccc(C(=O)N3CCCC3C(=O)OCc3ccccc3)o1)C(C)(C)CCC2(C)C. The molecule has 1 atom stereocenters. The largest absolute Gasteiger partial charge is 0.459 e. The van der Waals surface area contributed by atoms with Crippen molar-refractivity contribution in [1.29, 1.82) is 0 Å². The molecular formula is C34H43NO4. The van der Waals surface area contributed by atoms with Crippen LogP contribution in [0.1, 0.15) is 105 Å². The predicted molar refractivity (Wildman–Crippen MR) is 155 cm³/mol. The van der Waals surface area contributed by atoms with E-state index in [1.807, 2.05) is 36.4 Å². The highest BCUT2D eigenvalue weighted by molar-refractivity contribution is 5.95. The van der Waals surface area contributed by atoms with E-state index < -0.39 is 6.04 Å². The minimum absolute atomic E-state index is 0. The molecule has 2 aliphatic rings. The maximum absolute atomic E-state index is 13.3. The lowest BCUT2D eigenvalue weighted by molar-refractivity contribution is -0.149. The highest BCUT2D eigenvalue weighted by atomic mass is 16.5. The number of amides is 1. The molecule has 3 aromatic rings. The average molecular weight is 530 g/mol. The highest BCUT2D eigenvalue weighted by Gasteiger charge is 2.38. The third-order valence-corrected chi connectivity index (χ3v) is 8.56. The lowest BCUT2D eigenvalue weighted by atomic mass is 9.62. The van der Waals surface area contributed by atoms with Crippen molar-refractivity contribution in [3.63, 3.8) is 0 Å². The molecule has 208 valence electrons. The zero-order chi connectivity index (χ0) is 27.1. The first-order valence-electron chi connectivity index (χ1n) is 13.8. The molecule has 1 aliphatic carbocycles. The molecule has 1 aliphatic heterocycles. The monoisotopic (exact) mass is 529 g/mol. The lowest BCUT2D eigenvalue weighted by Gasteiger charge is -2.42. The summed E-state index contributed by atoms with van der Waals surface area (Å²) in [6, 6.07) is 17.4. The van der Waals surface area contributed by atoms with E-state index in [0.717, 1.165) is 17.7 Å². The second-order valence-corrected chi connectivity index (χ2v) is 12.3. The average Bonchev–Trinajstić information content (AvgIpc) is 3.57. The van der Waals surface area contributed by atoms with E-state index in [2.05, 4.69) is 46.8 Å². The summed E-state index contributed by atoms with van der Waals surface area (Å²) in [6.45, 7) is 12.2. The van der Waals surface area contributed by atoms with Crippen molar-refractivity contribution in [3.8, 4) is 0 Å². The molecule has 0 spiro atoms. The first-order valence-corrected chi connectivity index (χ1v) is 13.8. The fraction of sp³-hybridized carbons (Fsp3) is 0.471. The van der Waals surface area contributed by atoms with Gasteiger partial charge in [0.1, 0.15) is 18.4 Å². The van der Waals surface area contributed by atoms with E-state index in [0.29, 0.717) is 19.4 Å². The van der Waals surface area contributed by atoms with Crippen LogP contribution in [0.25, 0.3) is 0 Å². The van der Waals surface area contributed by atoms with Crippen LogP contribution in [0.4, 0.5) is 0 Å². The molecule has 0 N–H and O–H groups in total. The summed E-state index contributed by atoms with van der Waals surface area (Å²) in [7, 11) is 0. The Bertz CT molecular complexity index is 1330. The molecule has 39 heavy (non-hydrogen) atoms. The van der Waals surface area contributed by atoms with Gasteiger partial charge in [0, 0.05) is 13.0 Å². The molecule has 2 heterocycles. The Labute approximate surface area is 233 Å². The maximum Gasteiger partial charge on any atom is 0.329 e. The highest BCUT2D eigenvalue weighted by Crippen LogP contribution is 2.46. The zero-order valence-electron chi connectivity index (χ0n) is 23.3. The molecule has 5 rings (SSSR count). The summed E-state index contributed by atoms with van der Waals surface area (Å²) < 4.78 is 11.6. The Morgan fingerprint density at radius 1 is 0.974 bits per heavy atom. The van der Waals surface area contributed by atoms with Crippen LogP contribution in [0.3, 0.4) is 0 Å². The predicted octanol–water partition coefficient (Wildman–Crippen LogP) is 7.51. The minimum Gasteiger partial charge on any atom is -0.459 e. The number of hydrogen-bond donors (Lipinski definition) is 0. The van der Waals surface area contributed by atoms with Gasteiger partial charge in [0.05, 0.1) is 0 Å². The van der Waals surface area contributed by atoms with Crippen LogP contribution in [0.15, 0.2) is 59.0 Å². The molecule has 1 amide bonds. The second-order valence-electron chi connectivity index (χ2n) is 12.3. The number of ether oxygens (including phenoxy) is 1. The number of nitrogens with zero attached hydrogens (tertiary/aromatic N) is 1. The van der Waals surface area contributed by atoms with Gasteiger partial charge in [-0.15, -0.1) is 0 Å². The van der Waals surface area contributed by atoms with E-state index >= 15 is 0 Å². The van der Waals surface area contributed by atoms with Crippen molar-refractivity contribution in [2.75, 3.05) is 6.54 Å². The first kappa shape index (κ1) is 28.7. The van der Waals surface area contributed by atoms with Crippen LogP contribution in [0.2, 0.25) is 0 Å². The minimum atomic E-state index is -0.576. The number of aryl methyl sites for hydroxylation is 1. The molecular weight excluding hydrogens is 486 g/mol. The zero-order valence-corrected chi connectivity index (χ0v) is 23.3. The number of furan rings is 1. The number of carbonyl (C=O) groups is 2. The van der Waals surface area contributed by atoms with Crippen molar-refractivity contribution in [3.05, 3.63) is 93.9 Å². The van der Waals surface area contributed by atoms with E-state index in [1.54, 1.807) is 11.0 Å². The van der Waals surface area contributed by atoms with Crippen LogP contribution in [0, 0.1) is 6.92 Å². The van der Waals surface area contributed by atoms with Crippen molar-refractivity contribution in [2.45, 2.75) is 97.6 Å². The molecule has 1 fully saturated rings. The summed E-state index contributed by atoms with van der Waals surface area (Å²) in [5.74, 6) is 0.425. The van der Waals surface area contributed by atoms with Crippen molar-refractivity contribution in [1.82, 2.24) is 4.90 Å². The third-order valence-electron chi connectivity index (χ3n) is 8.56. The quantitative estimate of drug-likeness (QED) is 0.310. The van der Waals surface area contributed by atoms with E-state index in [9.17, 15) is 9.59 Å². The lowest BCUT2D eigenvalue weighted by Crippen LogP contribution is -2.41. The van der Waals surface area contributed by atoms with E-state index in [-0.39, 0.29) is 42.5 Å². The van der Waals surface area contributed by atoms with E-state index in [1.165, 1.54) is 35.1 Å². The van der Waals surface area contributed by atoms with Crippen LogP contribution in [-0.4, -0.2) is 29.4 Å². The Morgan fingerprint density at radius 2 is 1.64 bits per heavy atom. The number of hydrogen-bond acceptors (Lipinski definition) is 4. The van der Waals surface area contributed by atoms with Crippen molar-refractivity contribution < 1.29 is 18.7 Å². The summed E-state index contributed by atoms with van der Waals surface area (Å²) in [5.41, 5.74) is 6.59. The summed E-state index contributed by atoms with van der Waals surface area (Å²) in [5, 5.41) is 0. The molecule has 5 heteroatoms. The van der Waals surface area contributed by atoms with Crippen LogP contribution < -0.4 is 0 Å². The summed E-state index contributed by atoms with van der Waals surface area (Å²) in [4.78, 5) is 27.8. The van der Waals surface area contributed by atoms with Gasteiger partial charge in [-0.3, -0.25) is 4.79 Å². The summed E-state index contributed by atoms with van der Waals surface area (Å²) >= 11 is 0. The molecule has 0 bridgehead atoms. The van der Waals surface area contributed by atoms with Gasteiger partial charge in [-0.2, -0.15) is 0 Å². The fourth-order valence-electron chi connectivity index (χ4n) is 5.95. The normalized spacial score (nSPS) is 19.2. The first-order chi connectivity index (χ1) is 18.0. The topological polar surface area (TPSA) is 59.8 Å². The van der Waals surface area contributed by atoms with Gasteiger partial charge >= 0.3 is 5.97 Å². The van der Waals surface area contributed by atoms with Gasteiger partial charge in [-0.1, -0.05) is 77.6 Å². The number of esters is 1. The Kier molecular flexibility index (Phi) is 8.11. The third kappa shape index (κ3) is 5.83. The maximum atomic E-state index is 13.3. The molecule has 2 aromatic carbocycles. The van der Waals surface area contributed by atoms with Crippen molar-refractivity contribution >= 4 is 11.9 Å². The van der Waals surface area contributed by atoms with Crippen LogP contribution in [0.5, 0.6) is 0 Å².